The lowest BCUT2D eigenvalue weighted by Crippen LogP contribution is -2.45. The van der Waals surface area contributed by atoms with Crippen LogP contribution in [0, 0.1) is 5.92 Å². The van der Waals surface area contributed by atoms with Gasteiger partial charge in [-0.25, -0.2) is 0 Å². The van der Waals surface area contributed by atoms with E-state index < -0.39 is 0 Å². The van der Waals surface area contributed by atoms with E-state index in [0.717, 1.165) is 55.4 Å². The second kappa shape index (κ2) is 8.06. The molecular formula is C19H30N6S. The molecule has 4 rings (SSSR count). The van der Waals surface area contributed by atoms with Gasteiger partial charge in [-0.1, -0.05) is 25.2 Å². The largest absolute Gasteiger partial charge is 0.347 e. The average molecular weight is 375 g/mol. The van der Waals surface area contributed by atoms with Gasteiger partial charge in [0.05, 0.1) is 0 Å². The molecule has 0 bridgehead atoms. The third kappa shape index (κ3) is 3.94. The lowest BCUT2D eigenvalue weighted by molar-refractivity contribution is 0.130. The Hall–Kier alpha value is -1.44. The van der Waals surface area contributed by atoms with Crippen molar-refractivity contribution in [1.29, 1.82) is 0 Å². The monoisotopic (exact) mass is 374 g/mol. The SMILES string of the molecule is CCN1CCN(Cc2cccn2-c2nnc(N3CCC(C)CC3)s2)CC1. The minimum Gasteiger partial charge on any atom is -0.347 e. The Bertz CT molecular complexity index is 694. The smallest absolute Gasteiger partial charge is 0.218 e. The summed E-state index contributed by atoms with van der Waals surface area (Å²) >= 11 is 1.72. The molecule has 0 unspecified atom stereocenters. The van der Waals surface area contributed by atoms with E-state index in [1.807, 2.05) is 0 Å². The third-order valence-corrected chi connectivity index (χ3v) is 6.78. The van der Waals surface area contributed by atoms with Crippen LogP contribution in [-0.4, -0.2) is 70.4 Å². The Morgan fingerprint density at radius 1 is 1.00 bits per heavy atom. The summed E-state index contributed by atoms with van der Waals surface area (Å²) in [6.07, 6.45) is 4.64. The number of anilines is 1. The predicted octanol–water partition coefficient (Wildman–Crippen LogP) is 2.70. The maximum atomic E-state index is 4.50. The van der Waals surface area contributed by atoms with Crippen molar-refractivity contribution in [2.75, 3.05) is 50.7 Å². The van der Waals surface area contributed by atoms with Crippen LogP contribution >= 0.6 is 11.3 Å². The van der Waals surface area contributed by atoms with E-state index in [1.54, 1.807) is 11.3 Å². The number of aromatic nitrogens is 3. The van der Waals surface area contributed by atoms with Gasteiger partial charge in [-0.3, -0.25) is 9.47 Å². The van der Waals surface area contributed by atoms with Gasteiger partial charge in [0, 0.05) is 57.7 Å². The molecule has 4 heterocycles. The van der Waals surface area contributed by atoms with Crippen LogP contribution in [0.1, 0.15) is 32.4 Å². The fourth-order valence-electron chi connectivity index (χ4n) is 3.86. The summed E-state index contributed by atoms with van der Waals surface area (Å²) in [5, 5.41) is 11.0. The Kier molecular flexibility index (Phi) is 5.57. The molecule has 0 amide bonds. The number of hydrogen-bond donors (Lipinski definition) is 0. The van der Waals surface area contributed by atoms with Crippen LogP contribution in [0.15, 0.2) is 18.3 Å². The minimum atomic E-state index is 0.836. The highest BCUT2D eigenvalue weighted by Gasteiger charge is 2.21. The van der Waals surface area contributed by atoms with Crippen LogP contribution in [0.5, 0.6) is 0 Å². The molecule has 2 aromatic heterocycles. The maximum absolute atomic E-state index is 4.50. The molecule has 6 nitrogen and oxygen atoms in total. The molecule has 0 spiro atoms. The summed E-state index contributed by atoms with van der Waals surface area (Å²) < 4.78 is 2.22. The van der Waals surface area contributed by atoms with Crippen LogP contribution in [0.2, 0.25) is 0 Å². The fourth-order valence-corrected chi connectivity index (χ4v) is 4.77. The second-order valence-electron chi connectivity index (χ2n) is 7.62. The maximum Gasteiger partial charge on any atom is 0.218 e. The summed E-state index contributed by atoms with van der Waals surface area (Å²) in [5.74, 6) is 0.836. The molecule has 0 radical (unpaired) electrons. The van der Waals surface area contributed by atoms with Gasteiger partial charge >= 0.3 is 0 Å². The zero-order valence-corrected chi connectivity index (χ0v) is 16.8. The first-order valence-electron chi connectivity index (χ1n) is 9.92. The van der Waals surface area contributed by atoms with Crippen molar-refractivity contribution in [3.05, 3.63) is 24.0 Å². The standard InChI is InChI=1S/C19H30N6S/c1-3-22-11-13-23(14-12-22)15-17-5-4-8-25(17)19-21-20-18(26-19)24-9-6-16(2)7-10-24/h4-5,8,16H,3,6-7,9-15H2,1-2H3. The van der Waals surface area contributed by atoms with Gasteiger partial charge in [-0.15, -0.1) is 10.2 Å². The van der Waals surface area contributed by atoms with Crippen molar-refractivity contribution in [2.45, 2.75) is 33.2 Å². The van der Waals surface area contributed by atoms with Crippen molar-refractivity contribution in [3.8, 4) is 5.13 Å². The van der Waals surface area contributed by atoms with Crippen LogP contribution in [0.3, 0.4) is 0 Å². The molecule has 0 atom stereocenters. The molecule has 0 N–H and O–H groups in total. The first-order chi connectivity index (χ1) is 12.7. The van der Waals surface area contributed by atoms with Crippen LogP contribution < -0.4 is 4.90 Å². The normalized spacial score (nSPS) is 20.8. The van der Waals surface area contributed by atoms with Gasteiger partial charge in [0.1, 0.15) is 0 Å². The number of likely N-dealkylation sites (N-methyl/N-ethyl adjacent to an activating group) is 1. The lowest BCUT2D eigenvalue weighted by Gasteiger charge is -2.34. The van der Waals surface area contributed by atoms with Gasteiger partial charge in [-0.05, 0) is 37.4 Å². The quantitative estimate of drug-likeness (QED) is 0.805. The molecule has 0 aliphatic carbocycles. The Morgan fingerprint density at radius 2 is 1.69 bits per heavy atom. The lowest BCUT2D eigenvalue weighted by atomic mass is 10.00. The van der Waals surface area contributed by atoms with E-state index in [9.17, 15) is 0 Å². The van der Waals surface area contributed by atoms with Crippen LogP contribution in [0.25, 0.3) is 5.13 Å². The number of rotatable bonds is 5. The van der Waals surface area contributed by atoms with E-state index in [4.69, 9.17) is 0 Å². The molecule has 2 aromatic rings. The third-order valence-electron chi connectivity index (χ3n) is 5.79. The topological polar surface area (TPSA) is 40.4 Å². The molecule has 142 valence electrons. The van der Waals surface area contributed by atoms with Gasteiger partial charge in [-0.2, -0.15) is 0 Å². The van der Waals surface area contributed by atoms with E-state index in [-0.39, 0.29) is 0 Å². The van der Waals surface area contributed by atoms with Crippen molar-refractivity contribution >= 4 is 16.5 Å². The molecule has 2 aliphatic rings. The summed E-state index contributed by atoms with van der Waals surface area (Å²) in [4.78, 5) is 7.46. The number of piperazine rings is 1. The zero-order chi connectivity index (χ0) is 17.9. The molecule has 2 fully saturated rings. The second-order valence-corrected chi connectivity index (χ2v) is 8.55. The van der Waals surface area contributed by atoms with E-state index in [1.165, 1.54) is 31.6 Å². The van der Waals surface area contributed by atoms with E-state index >= 15 is 0 Å². The van der Waals surface area contributed by atoms with Crippen molar-refractivity contribution in [1.82, 2.24) is 24.6 Å². The molecule has 2 saturated heterocycles. The van der Waals surface area contributed by atoms with Crippen LogP contribution in [-0.2, 0) is 6.54 Å². The molecule has 0 saturated carbocycles. The van der Waals surface area contributed by atoms with Gasteiger partial charge in [0.15, 0.2) is 0 Å². The summed E-state index contributed by atoms with van der Waals surface area (Å²) in [6.45, 7) is 13.6. The van der Waals surface area contributed by atoms with Gasteiger partial charge in [0.25, 0.3) is 0 Å². The summed E-state index contributed by atoms with van der Waals surface area (Å²) in [6, 6.07) is 4.34. The Balaban J connectivity index is 1.42. The zero-order valence-electron chi connectivity index (χ0n) is 16.0. The highest BCUT2D eigenvalue weighted by atomic mass is 32.1. The molecular weight excluding hydrogens is 344 g/mol. The van der Waals surface area contributed by atoms with Crippen molar-refractivity contribution in [2.24, 2.45) is 5.92 Å². The first kappa shape index (κ1) is 17.9. The predicted molar refractivity (Wildman–Crippen MR) is 107 cm³/mol. The van der Waals surface area contributed by atoms with Crippen LogP contribution in [0.4, 0.5) is 5.13 Å². The highest BCUT2D eigenvalue weighted by Crippen LogP contribution is 2.28. The summed E-state index contributed by atoms with van der Waals surface area (Å²) in [5.41, 5.74) is 1.31. The summed E-state index contributed by atoms with van der Waals surface area (Å²) in [7, 11) is 0. The van der Waals surface area contributed by atoms with Gasteiger partial charge < -0.3 is 9.80 Å². The number of nitrogens with zero attached hydrogens (tertiary/aromatic N) is 6. The molecule has 0 aromatic carbocycles. The fraction of sp³-hybridized carbons (Fsp3) is 0.684. The minimum absolute atomic E-state index is 0.836. The molecule has 26 heavy (non-hydrogen) atoms. The van der Waals surface area contributed by atoms with Crippen molar-refractivity contribution < 1.29 is 0 Å². The van der Waals surface area contributed by atoms with E-state index in [2.05, 4.69) is 61.6 Å². The van der Waals surface area contributed by atoms with E-state index in [0.29, 0.717) is 0 Å². The molecule has 7 heteroatoms. The van der Waals surface area contributed by atoms with Gasteiger partial charge in [0.2, 0.25) is 10.3 Å². The number of hydrogen-bond acceptors (Lipinski definition) is 6. The average Bonchev–Trinajstić information content (AvgIpc) is 3.32. The van der Waals surface area contributed by atoms with Crippen molar-refractivity contribution in [3.63, 3.8) is 0 Å². The number of piperidine rings is 1. The Morgan fingerprint density at radius 3 is 2.42 bits per heavy atom. The Labute approximate surface area is 160 Å². The highest BCUT2D eigenvalue weighted by molar-refractivity contribution is 7.17. The molecule has 2 aliphatic heterocycles. The first-order valence-corrected chi connectivity index (χ1v) is 10.7.